The van der Waals surface area contributed by atoms with E-state index >= 15 is 0 Å². The molecule has 6 nitrogen and oxygen atoms in total. The van der Waals surface area contributed by atoms with E-state index in [0.29, 0.717) is 11.6 Å². The number of fused-ring (bicyclic) bond motifs is 1. The first-order valence-electron chi connectivity index (χ1n) is 6.88. The Labute approximate surface area is 137 Å². The van der Waals surface area contributed by atoms with Crippen LogP contribution in [-0.4, -0.2) is 30.2 Å². The van der Waals surface area contributed by atoms with Crippen LogP contribution in [0.5, 0.6) is 0 Å². The zero-order valence-electron chi connectivity index (χ0n) is 12.2. The van der Waals surface area contributed by atoms with Gasteiger partial charge in [0.2, 0.25) is 15.9 Å². The van der Waals surface area contributed by atoms with Crippen molar-refractivity contribution in [2.45, 2.75) is 24.8 Å². The number of halogens is 1. The lowest BCUT2D eigenvalue weighted by Crippen LogP contribution is -2.35. The van der Waals surface area contributed by atoms with E-state index in [2.05, 4.69) is 10.3 Å². The molecule has 1 aliphatic heterocycles. The van der Waals surface area contributed by atoms with Crippen LogP contribution in [0.2, 0.25) is 0 Å². The molecule has 0 saturated carbocycles. The molecule has 1 aromatic carbocycles. The van der Waals surface area contributed by atoms with Gasteiger partial charge in [0.05, 0.1) is 17.1 Å². The van der Waals surface area contributed by atoms with Crippen molar-refractivity contribution < 1.29 is 17.6 Å². The Morgan fingerprint density at radius 3 is 2.91 bits per heavy atom. The molecular weight excluding hydrogens is 341 g/mol. The van der Waals surface area contributed by atoms with Gasteiger partial charge in [-0.2, -0.15) is 4.31 Å². The molecule has 9 heteroatoms. The maximum atomic E-state index is 13.3. The number of nitrogens with zero attached hydrogens (tertiary/aromatic N) is 2. The molecule has 23 heavy (non-hydrogen) atoms. The van der Waals surface area contributed by atoms with Gasteiger partial charge in [-0.1, -0.05) is 6.07 Å². The van der Waals surface area contributed by atoms with Crippen LogP contribution in [0.15, 0.2) is 29.2 Å². The van der Waals surface area contributed by atoms with Crippen molar-refractivity contribution in [1.82, 2.24) is 9.29 Å². The van der Waals surface area contributed by atoms with Crippen LogP contribution in [0.1, 0.15) is 17.5 Å². The van der Waals surface area contributed by atoms with E-state index in [0.717, 1.165) is 16.6 Å². The summed E-state index contributed by atoms with van der Waals surface area (Å²) in [4.78, 5) is 16.1. The molecule has 0 bridgehead atoms. The van der Waals surface area contributed by atoms with E-state index in [-0.39, 0.29) is 23.9 Å². The van der Waals surface area contributed by atoms with Crippen molar-refractivity contribution >= 4 is 32.4 Å². The monoisotopic (exact) mass is 355 g/mol. The van der Waals surface area contributed by atoms with Gasteiger partial charge in [0, 0.05) is 24.8 Å². The quantitative estimate of drug-likeness (QED) is 0.913. The smallest absolute Gasteiger partial charge is 0.243 e. The van der Waals surface area contributed by atoms with Crippen molar-refractivity contribution in [1.29, 1.82) is 0 Å². The van der Waals surface area contributed by atoms with Crippen molar-refractivity contribution in [2.75, 3.05) is 11.9 Å². The van der Waals surface area contributed by atoms with E-state index < -0.39 is 15.8 Å². The molecule has 0 radical (unpaired) electrons. The molecule has 0 aliphatic carbocycles. The molecule has 1 amide bonds. The Hall–Kier alpha value is -1.84. The maximum Gasteiger partial charge on any atom is 0.243 e. The molecule has 1 aromatic heterocycles. The van der Waals surface area contributed by atoms with Gasteiger partial charge >= 0.3 is 0 Å². The summed E-state index contributed by atoms with van der Waals surface area (Å²) in [6.45, 7) is 1.83. The highest BCUT2D eigenvalue weighted by molar-refractivity contribution is 7.89. The fourth-order valence-corrected chi connectivity index (χ4v) is 4.95. The number of carbonyl (C=O) groups excluding carboxylic acids is 1. The lowest BCUT2D eigenvalue weighted by Gasteiger charge is -2.25. The summed E-state index contributed by atoms with van der Waals surface area (Å²) in [5.41, 5.74) is 0.796. The fourth-order valence-electron chi connectivity index (χ4n) is 2.36. The Kier molecular flexibility index (Phi) is 4.17. The summed E-state index contributed by atoms with van der Waals surface area (Å²) in [5.74, 6) is -0.810. The molecule has 2 heterocycles. The van der Waals surface area contributed by atoms with Crippen molar-refractivity contribution in [3.63, 3.8) is 0 Å². The van der Waals surface area contributed by atoms with Crippen LogP contribution in [0.4, 0.5) is 9.52 Å². The molecule has 122 valence electrons. The maximum absolute atomic E-state index is 13.3. The lowest BCUT2D eigenvalue weighted by atomic mass is 10.2. The van der Waals surface area contributed by atoms with E-state index in [4.69, 9.17) is 0 Å². The Bertz CT molecular complexity index is 864. The molecular formula is C14H14FN3O3S2. The third-order valence-corrected chi connectivity index (χ3v) is 6.25. The van der Waals surface area contributed by atoms with Crippen molar-refractivity contribution in [3.05, 3.63) is 40.7 Å². The number of amides is 1. The number of anilines is 1. The minimum absolute atomic E-state index is 0.0625. The highest BCUT2D eigenvalue weighted by atomic mass is 32.2. The number of nitrogens with one attached hydrogen (secondary N) is 1. The van der Waals surface area contributed by atoms with Gasteiger partial charge in [0.1, 0.15) is 5.82 Å². The van der Waals surface area contributed by atoms with Crippen molar-refractivity contribution in [2.24, 2.45) is 0 Å². The number of rotatable bonds is 3. The Balaban J connectivity index is 1.86. The molecule has 0 atom stereocenters. The van der Waals surface area contributed by atoms with E-state index in [1.165, 1.54) is 40.8 Å². The van der Waals surface area contributed by atoms with E-state index in [1.54, 1.807) is 0 Å². The largest absolute Gasteiger partial charge is 0.302 e. The molecule has 1 N–H and O–H groups in total. The van der Waals surface area contributed by atoms with Crippen molar-refractivity contribution in [3.8, 4) is 0 Å². The summed E-state index contributed by atoms with van der Waals surface area (Å²) >= 11 is 1.26. The second-order valence-corrected chi connectivity index (χ2v) is 8.14. The zero-order valence-corrected chi connectivity index (χ0v) is 13.9. The SMILES string of the molecule is CC(=O)Nc1nc2c(s1)CN(S(=O)(=O)c1cccc(F)c1)CC2. The van der Waals surface area contributed by atoms with Crippen LogP contribution in [0, 0.1) is 5.82 Å². The first kappa shape index (κ1) is 16.0. The van der Waals surface area contributed by atoms with Gasteiger partial charge in [0.15, 0.2) is 5.13 Å². The minimum Gasteiger partial charge on any atom is -0.302 e. The van der Waals surface area contributed by atoms with Crippen LogP contribution in [0.25, 0.3) is 0 Å². The second kappa shape index (κ2) is 5.99. The summed E-state index contributed by atoms with van der Waals surface area (Å²) < 4.78 is 39.8. The number of hydrogen-bond donors (Lipinski definition) is 1. The molecule has 0 unspecified atom stereocenters. The summed E-state index contributed by atoms with van der Waals surface area (Å²) in [6, 6.07) is 4.97. The number of sulfonamides is 1. The summed E-state index contributed by atoms with van der Waals surface area (Å²) in [5, 5.41) is 3.07. The number of hydrogen-bond acceptors (Lipinski definition) is 5. The zero-order chi connectivity index (χ0) is 16.6. The summed E-state index contributed by atoms with van der Waals surface area (Å²) in [7, 11) is -3.76. The van der Waals surface area contributed by atoms with Gasteiger partial charge in [-0.3, -0.25) is 4.79 Å². The number of thiazole rings is 1. The van der Waals surface area contributed by atoms with Gasteiger partial charge in [-0.25, -0.2) is 17.8 Å². The highest BCUT2D eigenvalue weighted by Crippen LogP contribution is 2.31. The highest BCUT2D eigenvalue weighted by Gasteiger charge is 2.30. The molecule has 0 spiro atoms. The third kappa shape index (κ3) is 3.26. The molecule has 1 aliphatic rings. The predicted octanol–water partition coefficient (Wildman–Crippen LogP) is 1.99. The van der Waals surface area contributed by atoms with Gasteiger partial charge in [-0.05, 0) is 18.2 Å². The average Bonchev–Trinajstić information content (AvgIpc) is 2.87. The molecule has 0 saturated heterocycles. The fraction of sp³-hybridized carbons (Fsp3) is 0.286. The predicted molar refractivity (Wildman–Crippen MR) is 84.1 cm³/mol. The van der Waals surface area contributed by atoms with Crippen LogP contribution < -0.4 is 5.32 Å². The number of aromatic nitrogens is 1. The minimum atomic E-state index is -3.76. The second-order valence-electron chi connectivity index (χ2n) is 5.12. The van der Waals surface area contributed by atoms with E-state index in [1.807, 2.05) is 0 Å². The first-order chi connectivity index (χ1) is 10.9. The topological polar surface area (TPSA) is 79.4 Å². The lowest BCUT2D eigenvalue weighted by molar-refractivity contribution is -0.114. The van der Waals surface area contributed by atoms with Gasteiger partial charge in [-0.15, -0.1) is 11.3 Å². The van der Waals surface area contributed by atoms with Gasteiger partial charge in [0.25, 0.3) is 0 Å². The Morgan fingerprint density at radius 2 is 2.22 bits per heavy atom. The number of carbonyl (C=O) groups is 1. The average molecular weight is 355 g/mol. The van der Waals surface area contributed by atoms with Crippen LogP contribution in [-0.2, 0) is 27.8 Å². The summed E-state index contributed by atoms with van der Waals surface area (Å²) in [6.07, 6.45) is 0.458. The molecule has 0 fully saturated rings. The first-order valence-corrected chi connectivity index (χ1v) is 9.14. The standard InChI is InChI=1S/C14H14FN3O3S2/c1-9(19)16-14-17-12-5-6-18(8-13(12)22-14)23(20,21)11-4-2-3-10(15)7-11/h2-4,7H,5-6,8H2,1H3,(H,16,17,19). The van der Waals surface area contributed by atoms with Crippen LogP contribution in [0.3, 0.4) is 0 Å². The van der Waals surface area contributed by atoms with Gasteiger partial charge < -0.3 is 5.32 Å². The molecule has 3 rings (SSSR count). The number of benzene rings is 1. The third-order valence-electron chi connectivity index (χ3n) is 3.41. The van der Waals surface area contributed by atoms with E-state index in [9.17, 15) is 17.6 Å². The Morgan fingerprint density at radius 1 is 1.43 bits per heavy atom. The molecule has 2 aromatic rings. The normalized spacial score (nSPS) is 15.2. The van der Waals surface area contributed by atoms with Crippen LogP contribution >= 0.6 is 11.3 Å².